The summed E-state index contributed by atoms with van der Waals surface area (Å²) >= 11 is 1.60. The molecule has 0 amide bonds. The van der Waals surface area contributed by atoms with Gasteiger partial charge in [0.1, 0.15) is 5.75 Å². The summed E-state index contributed by atoms with van der Waals surface area (Å²) < 4.78 is 0. The summed E-state index contributed by atoms with van der Waals surface area (Å²) in [5.74, 6) is 0.442. The zero-order valence-corrected chi connectivity index (χ0v) is 5.53. The standard InChI is InChI=1S/C6H8OS/c1-2-6-5(7)3-4-8-6/h3-4,7H,2H2,1H3. The van der Waals surface area contributed by atoms with Crippen LogP contribution in [-0.4, -0.2) is 5.11 Å². The lowest BCUT2D eigenvalue weighted by molar-refractivity contribution is 0.472. The van der Waals surface area contributed by atoms with Gasteiger partial charge in [0.05, 0.1) is 0 Å². The van der Waals surface area contributed by atoms with Crippen molar-refractivity contribution >= 4 is 11.3 Å². The van der Waals surface area contributed by atoms with Gasteiger partial charge in [0, 0.05) is 4.88 Å². The summed E-state index contributed by atoms with van der Waals surface area (Å²) in [5, 5.41) is 10.9. The summed E-state index contributed by atoms with van der Waals surface area (Å²) in [5.41, 5.74) is 0. The minimum atomic E-state index is 0.442. The van der Waals surface area contributed by atoms with Crippen LogP contribution >= 0.6 is 11.3 Å². The van der Waals surface area contributed by atoms with E-state index in [0.29, 0.717) is 5.75 Å². The topological polar surface area (TPSA) is 20.2 Å². The van der Waals surface area contributed by atoms with Gasteiger partial charge >= 0.3 is 0 Å². The van der Waals surface area contributed by atoms with Crippen molar-refractivity contribution in [2.45, 2.75) is 13.3 Å². The molecule has 0 unspecified atom stereocenters. The van der Waals surface area contributed by atoms with Crippen molar-refractivity contribution in [3.63, 3.8) is 0 Å². The Balaban J connectivity index is 2.92. The summed E-state index contributed by atoms with van der Waals surface area (Å²) in [6.45, 7) is 2.03. The van der Waals surface area contributed by atoms with Gasteiger partial charge in [-0.25, -0.2) is 0 Å². The third kappa shape index (κ3) is 0.842. The minimum Gasteiger partial charge on any atom is -0.507 e. The Kier molecular flexibility index (Phi) is 1.53. The predicted octanol–water partition coefficient (Wildman–Crippen LogP) is 2.02. The van der Waals surface area contributed by atoms with Crippen LogP contribution in [0.15, 0.2) is 11.4 Å². The molecule has 0 aliphatic heterocycles. The Bertz CT molecular complexity index is 169. The number of hydrogen-bond donors (Lipinski definition) is 1. The van der Waals surface area contributed by atoms with E-state index in [1.54, 1.807) is 17.4 Å². The van der Waals surface area contributed by atoms with Gasteiger partial charge in [-0.1, -0.05) is 6.92 Å². The molecule has 1 heterocycles. The second-order valence-electron chi connectivity index (χ2n) is 1.58. The van der Waals surface area contributed by atoms with E-state index in [1.165, 1.54) is 0 Å². The van der Waals surface area contributed by atoms with Crippen molar-refractivity contribution in [2.75, 3.05) is 0 Å². The average molecular weight is 128 g/mol. The highest BCUT2D eigenvalue weighted by atomic mass is 32.1. The normalized spacial score (nSPS) is 9.62. The van der Waals surface area contributed by atoms with Crippen molar-refractivity contribution in [1.29, 1.82) is 0 Å². The predicted molar refractivity (Wildman–Crippen MR) is 35.4 cm³/mol. The third-order valence-electron chi connectivity index (χ3n) is 1.04. The molecule has 8 heavy (non-hydrogen) atoms. The van der Waals surface area contributed by atoms with Gasteiger partial charge in [-0.15, -0.1) is 11.3 Å². The lowest BCUT2D eigenvalue weighted by atomic mass is 10.4. The van der Waals surface area contributed by atoms with Gasteiger partial charge in [0.25, 0.3) is 0 Å². The first kappa shape index (κ1) is 5.63. The first-order valence-corrected chi connectivity index (χ1v) is 3.48. The lowest BCUT2D eigenvalue weighted by Crippen LogP contribution is -1.67. The number of hydrogen-bond acceptors (Lipinski definition) is 2. The van der Waals surface area contributed by atoms with Crippen LogP contribution < -0.4 is 0 Å². The van der Waals surface area contributed by atoms with Gasteiger partial charge in [-0.05, 0) is 17.9 Å². The van der Waals surface area contributed by atoms with Gasteiger partial charge in [0.2, 0.25) is 0 Å². The molecule has 1 rings (SSSR count). The maximum Gasteiger partial charge on any atom is 0.129 e. The molecule has 1 N–H and O–H groups in total. The van der Waals surface area contributed by atoms with Crippen LogP contribution in [0.4, 0.5) is 0 Å². The lowest BCUT2D eigenvalue weighted by Gasteiger charge is -1.86. The van der Waals surface area contributed by atoms with Crippen LogP contribution in [0.25, 0.3) is 0 Å². The quantitative estimate of drug-likeness (QED) is 0.613. The molecule has 0 atom stereocenters. The van der Waals surface area contributed by atoms with Crippen molar-refractivity contribution in [1.82, 2.24) is 0 Å². The number of aryl methyl sites for hydroxylation is 1. The second-order valence-corrected chi connectivity index (χ2v) is 2.58. The van der Waals surface area contributed by atoms with Crippen LogP contribution in [0.1, 0.15) is 11.8 Å². The molecule has 1 nitrogen and oxygen atoms in total. The third-order valence-corrected chi connectivity index (χ3v) is 2.10. The largest absolute Gasteiger partial charge is 0.507 e. The fourth-order valence-electron chi connectivity index (χ4n) is 0.598. The molecule has 0 fully saturated rings. The van der Waals surface area contributed by atoms with E-state index in [9.17, 15) is 0 Å². The summed E-state index contributed by atoms with van der Waals surface area (Å²) in [7, 11) is 0. The Labute approximate surface area is 52.6 Å². The molecule has 0 saturated heterocycles. The van der Waals surface area contributed by atoms with E-state index >= 15 is 0 Å². The van der Waals surface area contributed by atoms with Crippen molar-refractivity contribution < 1.29 is 5.11 Å². The first-order chi connectivity index (χ1) is 3.84. The zero-order valence-electron chi connectivity index (χ0n) is 4.72. The average Bonchev–Trinajstić information content (AvgIpc) is 2.14. The Morgan fingerprint density at radius 2 is 2.50 bits per heavy atom. The molecule has 1 aromatic heterocycles. The Morgan fingerprint density at radius 1 is 1.75 bits per heavy atom. The molecule has 0 aliphatic carbocycles. The van der Waals surface area contributed by atoms with Crippen LogP contribution in [0.5, 0.6) is 5.75 Å². The molecule has 0 saturated carbocycles. The smallest absolute Gasteiger partial charge is 0.129 e. The molecule has 2 heteroatoms. The maximum absolute atomic E-state index is 8.96. The number of thiophene rings is 1. The van der Waals surface area contributed by atoms with Crippen LogP contribution in [0.2, 0.25) is 0 Å². The van der Waals surface area contributed by atoms with Gasteiger partial charge in [-0.2, -0.15) is 0 Å². The highest BCUT2D eigenvalue weighted by Gasteiger charge is 1.95. The number of aromatic hydroxyl groups is 1. The van der Waals surface area contributed by atoms with E-state index in [1.807, 2.05) is 12.3 Å². The van der Waals surface area contributed by atoms with E-state index in [4.69, 9.17) is 5.11 Å². The minimum absolute atomic E-state index is 0.442. The molecule has 0 spiro atoms. The fraction of sp³-hybridized carbons (Fsp3) is 0.333. The zero-order chi connectivity index (χ0) is 5.98. The summed E-state index contributed by atoms with van der Waals surface area (Å²) in [6, 6.07) is 1.73. The van der Waals surface area contributed by atoms with E-state index in [0.717, 1.165) is 11.3 Å². The maximum atomic E-state index is 8.96. The molecule has 0 aromatic carbocycles. The van der Waals surface area contributed by atoms with E-state index in [2.05, 4.69) is 0 Å². The van der Waals surface area contributed by atoms with Crippen molar-refractivity contribution in [3.05, 3.63) is 16.3 Å². The Morgan fingerprint density at radius 3 is 2.75 bits per heavy atom. The summed E-state index contributed by atoms with van der Waals surface area (Å²) in [6.07, 6.45) is 0.934. The molecular weight excluding hydrogens is 120 g/mol. The second kappa shape index (κ2) is 2.18. The van der Waals surface area contributed by atoms with E-state index < -0.39 is 0 Å². The first-order valence-electron chi connectivity index (χ1n) is 2.60. The molecule has 0 radical (unpaired) electrons. The van der Waals surface area contributed by atoms with Crippen LogP contribution in [0, 0.1) is 0 Å². The van der Waals surface area contributed by atoms with Crippen LogP contribution in [0.3, 0.4) is 0 Å². The molecule has 0 aliphatic rings. The molecular formula is C6H8OS. The highest BCUT2D eigenvalue weighted by Crippen LogP contribution is 2.22. The fourth-order valence-corrected chi connectivity index (χ4v) is 1.32. The Hall–Kier alpha value is -0.500. The molecule has 1 aromatic rings. The summed E-state index contributed by atoms with van der Waals surface area (Å²) in [4.78, 5) is 1.07. The van der Waals surface area contributed by atoms with Gasteiger partial charge in [-0.3, -0.25) is 0 Å². The molecule has 44 valence electrons. The van der Waals surface area contributed by atoms with Crippen molar-refractivity contribution in [3.8, 4) is 5.75 Å². The number of rotatable bonds is 1. The highest BCUT2D eigenvalue weighted by molar-refractivity contribution is 7.10. The molecule has 0 bridgehead atoms. The van der Waals surface area contributed by atoms with Crippen molar-refractivity contribution in [2.24, 2.45) is 0 Å². The van der Waals surface area contributed by atoms with Gasteiger partial charge in [0.15, 0.2) is 0 Å². The van der Waals surface area contributed by atoms with Gasteiger partial charge < -0.3 is 5.11 Å². The monoisotopic (exact) mass is 128 g/mol. The SMILES string of the molecule is CCc1sccc1O. The van der Waals surface area contributed by atoms with Crippen LogP contribution in [-0.2, 0) is 6.42 Å². The van der Waals surface area contributed by atoms with E-state index in [-0.39, 0.29) is 0 Å².